The highest BCUT2D eigenvalue weighted by molar-refractivity contribution is 7.88. The van der Waals surface area contributed by atoms with Crippen LogP contribution in [0.5, 0.6) is 0 Å². The van der Waals surface area contributed by atoms with Crippen molar-refractivity contribution in [3.05, 3.63) is 35.7 Å². The lowest BCUT2D eigenvalue weighted by atomic mass is 10.1. The summed E-state index contributed by atoms with van der Waals surface area (Å²) in [7, 11) is -1.92. The van der Waals surface area contributed by atoms with Crippen molar-refractivity contribution in [1.29, 1.82) is 0 Å². The van der Waals surface area contributed by atoms with Crippen LogP contribution in [0.1, 0.15) is 18.1 Å². The minimum atomic E-state index is -4.78. The third kappa shape index (κ3) is 6.43. The van der Waals surface area contributed by atoms with Crippen LogP contribution in [0, 0.1) is 0 Å². The lowest BCUT2D eigenvalue weighted by molar-refractivity contribution is -0.137. The Morgan fingerprint density at radius 3 is 2.55 bits per heavy atom. The van der Waals surface area contributed by atoms with E-state index in [4.69, 9.17) is 4.74 Å². The first kappa shape index (κ1) is 29.9. The van der Waals surface area contributed by atoms with Gasteiger partial charge in [-0.05, 0) is 24.6 Å². The number of morpholine rings is 1. The Morgan fingerprint density at radius 1 is 1.17 bits per heavy atom. The van der Waals surface area contributed by atoms with Crippen LogP contribution in [0.15, 0.2) is 24.5 Å². The molecule has 2 saturated heterocycles. The Labute approximate surface area is 240 Å². The number of aromatic nitrogens is 4. The molecular weight excluding hydrogens is 579 g/mol. The Hall–Kier alpha value is -3.54. The van der Waals surface area contributed by atoms with Crippen molar-refractivity contribution in [3.63, 3.8) is 0 Å². The molecule has 0 saturated carbocycles. The van der Waals surface area contributed by atoms with E-state index in [1.54, 1.807) is 6.20 Å². The summed E-state index contributed by atoms with van der Waals surface area (Å²) in [6, 6.07) is 1.87. The first-order chi connectivity index (χ1) is 19.8. The fourth-order valence-corrected chi connectivity index (χ4v) is 5.91. The highest BCUT2D eigenvalue weighted by Gasteiger charge is 2.36. The van der Waals surface area contributed by atoms with Crippen LogP contribution in [0.2, 0.25) is 0 Å². The number of anilines is 2. The second-order valence-corrected chi connectivity index (χ2v) is 12.3. The van der Waals surface area contributed by atoms with Crippen LogP contribution in [0.3, 0.4) is 0 Å². The Morgan fingerprint density at radius 2 is 1.90 bits per heavy atom. The van der Waals surface area contributed by atoms with Gasteiger partial charge in [-0.3, -0.25) is 10.2 Å². The smallest absolute Gasteiger partial charge is 0.377 e. The van der Waals surface area contributed by atoms with E-state index in [0.717, 1.165) is 17.8 Å². The average molecular weight is 612 g/mol. The molecule has 0 spiro atoms. The molecule has 2 amide bonds. The monoisotopic (exact) mass is 611 g/mol. The summed E-state index contributed by atoms with van der Waals surface area (Å²) in [5.74, 6) is 0.0174. The number of carbonyl (C=O) groups is 1. The van der Waals surface area contributed by atoms with Gasteiger partial charge in [0.15, 0.2) is 11.6 Å². The zero-order valence-electron chi connectivity index (χ0n) is 23.3. The molecule has 5 heterocycles. The minimum absolute atomic E-state index is 0.0907. The fraction of sp³-hybridized carbons (Fsp3) is 0.520. The number of hydrogen-bond acceptors (Lipinski definition) is 9. The van der Waals surface area contributed by atoms with Crippen LogP contribution in [-0.2, 0) is 27.5 Å². The van der Waals surface area contributed by atoms with Crippen molar-refractivity contribution in [2.75, 3.05) is 69.5 Å². The van der Waals surface area contributed by atoms with Crippen LogP contribution in [0.4, 0.5) is 29.6 Å². The van der Waals surface area contributed by atoms with Crippen molar-refractivity contribution < 1.29 is 31.1 Å². The first-order valence-electron chi connectivity index (χ1n) is 13.3. The van der Waals surface area contributed by atoms with E-state index >= 15 is 0 Å². The maximum absolute atomic E-state index is 14.2. The van der Waals surface area contributed by atoms with Gasteiger partial charge in [-0.25, -0.2) is 27.7 Å². The van der Waals surface area contributed by atoms with E-state index in [1.807, 2.05) is 17.9 Å². The summed E-state index contributed by atoms with van der Waals surface area (Å²) in [4.78, 5) is 24.4. The molecule has 3 aromatic heterocycles. The van der Waals surface area contributed by atoms with E-state index in [0.29, 0.717) is 63.8 Å². The van der Waals surface area contributed by atoms with Gasteiger partial charge < -0.3 is 15.0 Å². The Kier molecular flexibility index (Phi) is 8.28. The van der Waals surface area contributed by atoms with Crippen LogP contribution in [0.25, 0.3) is 16.9 Å². The van der Waals surface area contributed by atoms with Gasteiger partial charge >= 0.3 is 12.2 Å². The van der Waals surface area contributed by atoms with Crippen molar-refractivity contribution >= 4 is 33.2 Å². The SMILES string of the molecule is CNC(=O)Nc1cc(C(F)(F)F)c(-c2nc(N3CCOCC3C)c3cc(CN4CCN(S(C)(=O)=O)CC4)cn3n2)cn1. The zero-order chi connectivity index (χ0) is 30.2. The topological polar surface area (TPSA) is 137 Å². The van der Waals surface area contributed by atoms with Crippen molar-refractivity contribution in [1.82, 2.24) is 34.1 Å². The summed E-state index contributed by atoms with van der Waals surface area (Å²) < 4.78 is 75.0. The van der Waals surface area contributed by atoms with Gasteiger partial charge in [0.1, 0.15) is 11.3 Å². The van der Waals surface area contributed by atoms with E-state index in [2.05, 4.69) is 30.6 Å². The summed E-state index contributed by atoms with van der Waals surface area (Å²) in [5, 5.41) is 9.01. The van der Waals surface area contributed by atoms with Gasteiger partial charge in [0, 0.05) is 58.7 Å². The molecule has 2 N–H and O–H groups in total. The molecule has 13 nitrogen and oxygen atoms in total. The van der Waals surface area contributed by atoms with E-state index < -0.39 is 27.8 Å². The molecule has 0 bridgehead atoms. The number of pyridine rings is 1. The quantitative estimate of drug-likeness (QED) is 0.428. The number of rotatable bonds is 6. The van der Waals surface area contributed by atoms with Crippen LogP contribution < -0.4 is 15.5 Å². The van der Waals surface area contributed by atoms with Gasteiger partial charge in [-0.2, -0.15) is 17.5 Å². The molecular formula is C25H32F3N9O4S. The summed E-state index contributed by atoms with van der Waals surface area (Å²) in [5.41, 5.74) is 0.105. The molecule has 0 aliphatic carbocycles. The lowest BCUT2D eigenvalue weighted by Crippen LogP contribution is -2.47. The molecule has 2 aliphatic rings. The van der Waals surface area contributed by atoms with Gasteiger partial charge in [-0.15, -0.1) is 5.10 Å². The number of nitrogens with one attached hydrogen (secondary N) is 2. The molecule has 3 aromatic rings. The Balaban J connectivity index is 1.55. The molecule has 0 aromatic carbocycles. The fourth-order valence-electron chi connectivity index (χ4n) is 5.08. The number of ether oxygens (including phenoxy) is 1. The van der Waals surface area contributed by atoms with Gasteiger partial charge in [0.05, 0.1) is 36.6 Å². The van der Waals surface area contributed by atoms with E-state index in [9.17, 15) is 26.4 Å². The third-order valence-corrected chi connectivity index (χ3v) is 8.57. The second-order valence-electron chi connectivity index (χ2n) is 10.3. The highest BCUT2D eigenvalue weighted by atomic mass is 32.2. The van der Waals surface area contributed by atoms with Crippen LogP contribution in [-0.4, -0.2) is 109 Å². The van der Waals surface area contributed by atoms with Crippen LogP contribution >= 0.6 is 0 Å². The number of amides is 2. The molecule has 5 rings (SSSR count). The first-order valence-corrected chi connectivity index (χ1v) is 15.2. The molecule has 2 fully saturated rings. The normalized spacial score (nSPS) is 19.3. The zero-order valence-corrected chi connectivity index (χ0v) is 24.2. The number of nitrogens with zero attached hydrogens (tertiary/aromatic N) is 7. The number of alkyl halides is 3. The highest BCUT2D eigenvalue weighted by Crippen LogP contribution is 2.38. The second kappa shape index (κ2) is 11.6. The standard InChI is InChI=1S/C25H32F3N9O4S/c1-16-15-41-9-8-36(16)23-20-10-17(13-34-4-6-35(7-5-34)42(3,39)40)14-37(20)33-22(32-23)18-12-30-21(31-24(38)29-2)11-19(18)25(26,27)28/h10-12,14,16H,4-9,13,15H2,1-3H3,(H2,29,30,31,38). The number of urea groups is 1. The van der Waals surface area contributed by atoms with Crippen molar-refractivity contribution in [2.45, 2.75) is 25.7 Å². The molecule has 1 unspecified atom stereocenters. The summed E-state index contributed by atoms with van der Waals surface area (Å²) in [6.07, 6.45) is -0.828. The number of piperazine rings is 1. The number of fused-ring (bicyclic) bond motifs is 1. The third-order valence-electron chi connectivity index (χ3n) is 7.27. The average Bonchev–Trinajstić information content (AvgIpc) is 3.34. The van der Waals surface area contributed by atoms with E-state index in [-0.39, 0.29) is 23.2 Å². The maximum Gasteiger partial charge on any atom is 0.417 e. The minimum Gasteiger partial charge on any atom is -0.377 e. The number of halogens is 3. The molecule has 2 aliphatic heterocycles. The molecule has 228 valence electrons. The number of sulfonamides is 1. The maximum atomic E-state index is 14.2. The Bertz CT molecular complexity index is 1570. The predicted octanol–water partition coefficient (Wildman–Crippen LogP) is 1.86. The van der Waals surface area contributed by atoms with Crippen molar-refractivity contribution in [2.24, 2.45) is 0 Å². The van der Waals surface area contributed by atoms with Gasteiger partial charge in [0.2, 0.25) is 10.0 Å². The predicted molar refractivity (Wildman–Crippen MR) is 149 cm³/mol. The summed E-state index contributed by atoms with van der Waals surface area (Å²) >= 11 is 0. The molecule has 0 radical (unpaired) electrons. The number of hydrogen-bond donors (Lipinski definition) is 2. The lowest BCUT2D eigenvalue weighted by Gasteiger charge is -2.34. The number of carbonyl (C=O) groups excluding carboxylic acids is 1. The molecule has 42 heavy (non-hydrogen) atoms. The van der Waals surface area contributed by atoms with Gasteiger partial charge in [-0.1, -0.05) is 0 Å². The summed E-state index contributed by atoms with van der Waals surface area (Å²) in [6.45, 7) is 5.65. The largest absolute Gasteiger partial charge is 0.417 e. The molecule has 17 heteroatoms. The van der Waals surface area contributed by atoms with Gasteiger partial charge in [0.25, 0.3) is 0 Å². The van der Waals surface area contributed by atoms with Crippen molar-refractivity contribution in [3.8, 4) is 11.4 Å². The molecule has 1 atom stereocenters. The van der Waals surface area contributed by atoms with E-state index in [1.165, 1.54) is 22.1 Å².